The zero-order valence-corrected chi connectivity index (χ0v) is 8.56. The normalized spacial score (nSPS) is 29.0. The molecule has 0 spiro atoms. The molecule has 2 heteroatoms. The summed E-state index contributed by atoms with van der Waals surface area (Å²) in [6, 6.07) is 0.803. The van der Waals surface area contributed by atoms with E-state index >= 15 is 0 Å². The molecule has 72 valence electrons. The number of hydrogen-bond acceptors (Lipinski definition) is 2. The molecule has 0 radical (unpaired) electrons. The molecule has 0 saturated heterocycles. The maximum atomic E-state index is 5.87. The van der Waals surface area contributed by atoms with Crippen LogP contribution in [0.5, 0.6) is 0 Å². The summed E-state index contributed by atoms with van der Waals surface area (Å²) in [5.74, 6) is 0.950. The number of rotatable bonds is 5. The Morgan fingerprint density at radius 3 is 2.58 bits per heavy atom. The van der Waals surface area contributed by atoms with Crippen LogP contribution in [-0.4, -0.2) is 18.1 Å². The van der Waals surface area contributed by atoms with E-state index in [-0.39, 0.29) is 5.54 Å². The van der Waals surface area contributed by atoms with Crippen molar-refractivity contribution in [2.75, 3.05) is 6.54 Å². The third kappa shape index (κ3) is 3.55. The van der Waals surface area contributed by atoms with Gasteiger partial charge in [-0.05, 0) is 39.2 Å². The van der Waals surface area contributed by atoms with Crippen LogP contribution in [0.25, 0.3) is 0 Å². The smallest absolute Gasteiger partial charge is 0.0109 e. The summed E-state index contributed by atoms with van der Waals surface area (Å²) in [5.41, 5.74) is 5.86. The van der Waals surface area contributed by atoms with E-state index in [1.165, 1.54) is 12.8 Å². The summed E-state index contributed by atoms with van der Waals surface area (Å²) in [7, 11) is 0. The van der Waals surface area contributed by atoms with Gasteiger partial charge < -0.3 is 11.1 Å². The summed E-state index contributed by atoms with van der Waals surface area (Å²) >= 11 is 0. The molecule has 0 bridgehead atoms. The van der Waals surface area contributed by atoms with Crippen LogP contribution >= 0.6 is 0 Å². The van der Waals surface area contributed by atoms with Crippen molar-refractivity contribution in [2.24, 2.45) is 11.7 Å². The van der Waals surface area contributed by atoms with Gasteiger partial charge in [-0.15, -0.1) is 0 Å². The van der Waals surface area contributed by atoms with Crippen molar-refractivity contribution in [1.82, 2.24) is 5.32 Å². The first-order valence-electron chi connectivity index (χ1n) is 5.05. The maximum absolute atomic E-state index is 5.87. The second-order valence-corrected chi connectivity index (χ2v) is 4.70. The Balaban J connectivity index is 1.98. The molecular weight excluding hydrogens is 148 g/mol. The van der Waals surface area contributed by atoms with Crippen molar-refractivity contribution < 1.29 is 0 Å². The monoisotopic (exact) mass is 170 g/mol. The van der Waals surface area contributed by atoms with Crippen molar-refractivity contribution in [3.63, 3.8) is 0 Å². The zero-order valence-electron chi connectivity index (χ0n) is 8.56. The molecule has 0 aromatic carbocycles. The average molecular weight is 170 g/mol. The van der Waals surface area contributed by atoms with Gasteiger partial charge in [0, 0.05) is 11.6 Å². The third-order valence-corrected chi connectivity index (χ3v) is 2.62. The Bertz CT molecular complexity index is 137. The van der Waals surface area contributed by atoms with Crippen LogP contribution in [0.15, 0.2) is 0 Å². The van der Waals surface area contributed by atoms with E-state index in [1.54, 1.807) is 0 Å². The van der Waals surface area contributed by atoms with Crippen LogP contribution in [0.3, 0.4) is 0 Å². The fraction of sp³-hybridized carbons (Fsp3) is 1.00. The number of nitrogens with one attached hydrogen (secondary N) is 1. The summed E-state index contributed by atoms with van der Waals surface area (Å²) < 4.78 is 0. The second-order valence-electron chi connectivity index (χ2n) is 4.70. The molecule has 2 unspecified atom stereocenters. The fourth-order valence-electron chi connectivity index (χ4n) is 1.53. The van der Waals surface area contributed by atoms with Gasteiger partial charge in [0.15, 0.2) is 0 Å². The molecule has 2 atom stereocenters. The predicted octanol–water partition coefficient (Wildman–Crippen LogP) is 1.50. The lowest BCUT2D eigenvalue weighted by molar-refractivity contribution is 0.449. The van der Waals surface area contributed by atoms with Gasteiger partial charge in [0.25, 0.3) is 0 Å². The van der Waals surface area contributed by atoms with Crippen LogP contribution in [0.1, 0.15) is 40.0 Å². The highest BCUT2D eigenvalue weighted by molar-refractivity contribution is 4.92. The highest BCUT2D eigenvalue weighted by Gasteiger charge is 2.34. The molecule has 1 aliphatic carbocycles. The Morgan fingerprint density at radius 2 is 2.17 bits per heavy atom. The Morgan fingerprint density at radius 1 is 1.50 bits per heavy atom. The van der Waals surface area contributed by atoms with Gasteiger partial charge in [-0.1, -0.05) is 13.3 Å². The Hall–Kier alpha value is -0.0800. The van der Waals surface area contributed by atoms with Gasteiger partial charge in [-0.25, -0.2) is 0 Å². The average Bonchev–Trinajstić information content (AvgIpc) is 2.64. The number of hydrogen-bond donors (Lipinski definition) is 2. The van der Waals surface area contributed by atoms with E-state index in [9.17, 15) is 0 Å². The Labute approximate surface area is 75.9 Å². The lowest BCUT2D eigenvalue weighted by atomic mass is 10.0. The summed E-state index contributed by atoms with van der Waals surface area (Å²) in [6.07, 6.45) is 3.77. The van der Waals surface area contributed by atoms with Gasteiger partial charge in [0.2, 0.25) is 0 Å². The van der Waals surface area contributed by atoms with Gasteiger partial charge >= 0.3 is 0 Å². The van der Waals surface area contributed by atoms with Crippen LogP contribution in [0.2, 0.25) is 0 Å². The lowest BCUT2D eigenvalue weighted by Gasteiger charge is -2.18. The standard InChI is InChI=1S/C10H22N2/c1-4-8-7-9(8)12-6-5-10(2,3)11/h8-9,12H,4-7,11H2,1-3H3. The van der Waals surface area contributed by atoms with Crippen molar-refractivity contribution in [2.45, 2.75) is 51.6 Å². The van der Waals surface area contributed by atoms with E-state index in [2.05, 4.69) is 26.1 Å². The minimum absolute atomic E-state index is 0.0103. The highest BCUT2D eigenvalue weighted by atomic mass is 15.0. The summed E-state index contributed by atoms with van der Waals surface area (Å²) in [4.78, 5) is 0. The van der Waals surface area contributed by atoms with E-state index in [4.69, 9.17) is 5.73 Å². The molecule has 0 aromatic heterocycles. The van der Waals surface area contributed by atoms with Crippen LogP contribution < -0.4 is 11.1 Å². The molecular formula is C10H22N2. The van der Waals surface area contributed by atoms with E-state index < -0.39 is 0 Å². The van der Waals surface area contributed by atoms with Crippen molar-refractivity contribution in [3.8, 4) is 0 Å². The Kier molecular flexibility index (Phi) is 3.13. The topological polar surface area (TPSA) is 38.0 Å². The molecule has 1 saturated carbocycles. The quantitative estimate of drug-likeness (QED) is 0.656. The third-order valence-electron chi connectivity index (χ3n) is 2.62. The van der Waals surface area contributed by atoms with Crippen LogP contribution in [0, 0.1) is 5.92 Å². The van der Waals surface area contributed by atoms with E-state index in [0.717, 1.165) is 24.9 Å². The minimum Gasteiger partial charge on any atom is -0.326 e. The van der Waals surface area contributed by atoms with Gasteiger partial charge in [-0.3, -0.25) is 0 Å². The van der Waals surface area contributed by atoms with Crippen molar-refractivity contribution in [1.29, 1.82) is 0 Å². The van der Waals surface area contributed by atoms with Gasteiger partial charge in [-0.2, -0.15) is 0 Å². The maximum Gasteiger partial charge on any atom is 0.0109 e. The first-order valence-corrected chi connectivity index (χ1v) is 5.05. The fourth-order valence-corrected chi connectivity index (χ4v) is 1.53. The van der Waals surface area contributed by atoms with Crippen LogP contribution in [-0.2, 0) is 0 Å². The molecule has 0 aromatic rings. The summed E-state index contributed by atoms with van der Waals surface area (Å²) in [6.45, 7) is 7.50. The molecule has 2 nitrogen and oxygen atoms in total. The van der Waals surface area contributed by atoms with E-state index in [1.807, 2.05) is 0 Å². The highest BCUT2D eigenvalue weighted by Crippen LogP contribution is 2.32. The molecule has 3 N–H and O–H groups in total. The molecule has 12 heavy (non-hydrogen) atoms. The van der Waals surface area contributed by atoms with Crippen LogP contribution in [0.4, 0.5) is 0 Å². The first kappa shape index (κ1) is 10.0. The lowest BCUT2D eigenvalue weighted by Crippen LogP contribution is -2.36. The molecule has 1 fully saturated rings. The largest absolute Gasteiger partial charge is 0.326 e. The molecule has 1 aliphatic rings. The second kappa shape index (κ2) is 3.75. The molecule has 0 aliphatic heterocycles. The van der Waals surface area contributed by atoms with E-state index in [0.29, 0.717) is 0 Å². The van der Waals surface area contributed by atoms with Crippen molar-refractivity contribution in [3.05, 3.63) is 0 Å². The summed E-state index contributed by atoms with van der Waals surface area (Å²) in [5, 5.41) is 3.53. The molecule has 0 heterocycles. The molecule has 0 amide bonds. The number of nitrogens with two attached hydrogens (primary N) is 1. The SMILES string of the molecule is CCC1CC1NCCC(C)(C)N. The molecule has 1 rings (SSSR count). The van der Waals surface area contributed by atoms with Gasteiger partial charge in [0.1, 0.15) is 0 Å². The predicted molar refractivity (Wildman–Crippen MR) is 53.1 cm³/mol. The van der Waals surface area contributed by atoms with Gasteiger partial charge in [0.05, 0.1) is 0 Å². The zero-order chi connectivity index (χ0) is 9.19. The van der Waals surface area contributed by atoms with Crippen molar-refractivity contribution >= 4 is 0 Å². The minimum atomic E-state index is -0.0103. The first-order chi connectivity index (χ1) is 5.53.